The Kier molecular flexibility index (Phi) is 9.06. The molecule has 0 saturated carbocycles. The predicted octanol–water partition coefficient (Wildman–Crippen LogP) is 3.34. The zero-order chi connectivity index (χ0) is 18.2. The molecule has 0 radical (unpaired) electrons. The maximum atomic E-state index is 12.3. The van der Waals surface area contributed by atoms with Crippen LogP contribution < -0.4 is 5.32 Å². The van der Waals surface area contributed by atoms with Gasteiger partial charge in [0.05, 0.1) is 0 Å². The van der Waals surface area contributed by atoms with E-state index in [9.17, 15) is 4.79 Å². The molecule has 1 amide bonds. The summed E-state index contributed by atoms with van der Waals surface area (Å²) < 4.78 is 5.52. The largest absolute Gasteiger partial charge is 0.444 e. The van der Waals surface area contributed by atoms with E-state index in [-0.39, 0.29) is 6.09 Å². The van der Waals surface area contributed by atoms with Crippen LogP contribution in [0.2, 0.25) is 0 Å². The average Bonchev–Trinajstić information content (AvgIpc) is 2.52. The molecule has 1 aliphatic rings. The molecular weight excluding hydrogens is 302 g/mol. The van der Waals surface area contributed by atoms with Crippen molar-refractivity contribution in [3.63, 3.8) is 0 Å². The number of hydrogen-bond donors (Lipinski definition) is 1. The Balaban J connectivity index is 2.39. The Morgan fingerprint density at radius 2 is 2.04 bits per heavy atom. The summed E-state index contributed by atoms with van der Waals surface area (Å²) >= 11 is 0. The fraction of sp³-hybridized carbons (Fsp3) is 0.947. The maximum absolute atomic E-state index is 12.3. The molecular formula is C19H39N3O2. The fourth-order valence-corrected chi connectivity index (χ4v) is 3.27. The van der Waals surface area contributed by atoms with Gasteiger partial charge in [0.25, 0.3) is 0 Å². The number of rotatable bonds is 8. The molecule has 1 aliphatic heterocycles. The number of ether oxygens (including phenoxy) is 1. The van der Waals surface area contributed by atoms with Crippen LogP contribution in [0.3, 0.4) is 0 Å². The first kappa shape index (κ1) is 21.2. The summed E-state index contributed by atoms with van der Waals surface area (Å²) in [5.74, 6) is 0.507. The summed E-state index contributed by atoms with van der Waals surface area (Å²) in [6, 6.07) is 0.426. The lowest BCUT2D eigenvalue weighted by Gasteiger charge is -2.37. The van der Waals surface area contributed by atoms with Crippen LogP contribution >= 0.6 is 0 Å². The first-order chi connectivity index (χ1) is 11.3. The lowest BCUT2D eigenvalue weighted by atomic mass is 9.92. The van der Waals surface area contributed by atoms with Crippen LogP contribution in [0.4, 0.5) is 4.79 Å². The molecule has 2 unspecified atom stereocenters. The number of carbonyl (C=O) groups is 1. The third-order valence-electron chi connectivity index (χ3n) is 4.70. The molecule has 24 heavy (non-hydrogen) atoms. The Hall–Kier alpha value is -0.810. The Bertz CT molecular complexity index is 368. The zero-order valence-electron chi connectivity index (χ0n) is 16.7. The van der Waals surface area contributed by atoms with E-state index in [1.165, 1.54) is 19.4 Å². The Labute approximate surface area is 149 Å². The van der Waals surface area contributed by atoms with Crippen molar-refractivity contribution >= 4 is 6.09 Å². The Morgan fingerprint density at radius 1 is 1.33 bits per heavy atom. The monoisotopic (exact) mass is 341 g/mol. The van der Waals surface area contributed by atoms with E-state index in [0.29, 0.717) is 12.0 Å². The van der Waals surface area contributed by atoms with Gasteiger partial charge in [-0.3, -0.25) is 0 Å². The van der Waals surface area contributed by atoms with Crippen molar-refractivity contribution < 1.29 is 9.53 Å². The minimum Gasteiger partial charge on any atom is -0.444 e. The van der Waals surface area contributed by atoms with E-state index in [1.54, 1.807) is 0 Å². The molecule has 0 aromatic carbocycles. The molecule has 1 fully saturated rings. The molecule has 1 heterocycles. The number of likely N-dealkylation sites (N-methyl/N-ethyl adjacent to an activating group) is 1. The normalized spacial score (nSPS) is 20.3. The summed E-state index contributed by atoms with van der Waals surface area (Å²) in [6.07, 6.45) is 3.28. The van der Waals surface area contributed by atoms with Crippen LogP contribution in [0.1, 0.15) is 60.8 Å². The van der Waals surface area contributed by atoms with E-state index in [2.05, 4.69) is 31.0 Å². The summed E-state index contributed by atoms with van der Waals surface area (Å²) in [5, 5.41) is 3.66. The third kappa shape index (κ3) is 7.84. The fourth-order valence-electron chi connectivity index (χ4n) is 3.27. The summed E-state index contributed by atoms with van der Waals surface area (Å²) in [5.41, 5.74) is -0.420. The molecule has 0 spiro atoms. The second-order valence-corrected chi connectivity index (χ2v) is 8.01. The predicted molar refractivity (Wildman–Crippen MR) is 100 cm³/mol. The highest BCUT2D eigenvalue weighted by molar-refractivity contribution is 5.68. The van der Waals surface area contributed by atoms with Gasteiger partial charge in [-0.15, -0.1) is 0 Å². The third-order valence-corrected chi connectivity index (χ3v) is 4.70. The molecule has 1 rings (SSSR count). The van der Waals surface area contributed by atoms with E-state index in [0.717, 1.165) is 39.1 Å². The number of amides is 1. The van der Waals surface area contributed by atoms with Crippen molar-refractivity contribution in [2.24, 2.45) is 5.92 Å². The van der Waals surface area contributed by atoms with Gasteiger partial charge in [0, 0.05) is 32.2 Å². The summed E-state index contributed by atoms with van der Waals surface area (Å²) in [4.78, 5) is 16.6. The van der Waals surface area contributed by atoms with Gasteiger partial charge in [0.1, 0.15) is 5.60 Å². The van der Waals surface area contributed by atoms with Crippen LogP contribution in [-0.4, -0.2) is 66.8 Å². The number of piperidine rings is 1. The molecule has 2 atom stereocenters. The molecule has 1 saturated heterocycles. The van der Waals surface area contributed by atoms with Crippen LogP contribution in [0.5, 0.6) is 0 Å². The first-order valence-electron chi connectivity index (χ1n) is 9.70. The molecule has 0 bridgehead atoms. The van der Waals surface area contributed by atoms with Gasteiger partial charge in [-0.2, -0.15) is 0 Å². The van der Waals surface area contributed by atoms with E-state index < -0.39 is 5.60 Å². The van der Waals surface area contributed by atoms with Crippen LogP contribution in [0.25, 0.3) is 0 Å². The molecule has 142 valence electrons. The van der Waals surface area contributed by atoms with Gasteiger partial charge in [-0.05, 0) is 66.0 Å². The van der Waals surface area contributed by atoms with Crippen molar-refractivity contribution in [1.29, 1.82) is 0 Å². The van der Waals surface area contributed by atoms with E-state index in [4.69, 9.17) is 4.74 Å². The number of nitrogens with one attached hydrogen (secondary N) is 1. The highest BCUT2D eigenvalue weighted by Crippen LogP contribution is 2.21. The SMILES string of the molecule is CCCN(CC)CCNC(C)C1CCCN(C(=O)OC(C)(C)C)C1. The summed E-state index contributed by atoms with van der Waals surface area (Å²) in [7, 11) is 0. The lowest BCUT2D eigenvalue weighted by molar-refractivity contribution is 0.0148. The number of nitrogens with zero attached hydrogens (tertiary/aromatic N) is 2. The first-order valence-corrected chi connectivity index (χ1v) is 9.70. The maximum Gasteiger partial charge on any atom is 0.410 e. The van der Waals surface area contributed by atoms with E-state index in [1.807, 2.05) is 25.7 Å². The average molecular weight is 342 g/mol. The number of carbonyl (C=O) groups excluding carboxylic acids is 1. The molecule has 0 aromatic rings. The van der Waals surface area contributed by atoms with Crippen LogP contribution in [-0.2, 0) is 4.74 Å². The lowest BCUT2D eigenvalue weighted by Crippen LogP contribution is -2.48. The second kappa shape index (κ2) is 10.2. The summed E-state index contributed by atoms with van der Waals surface area (Å²) in [6.45, 7) is 18.5. The molecule has 0 aliphatic carbocycles. The zero-order valence-corrected chi connectivity index (χ0v) is 16.7. The van der Waals surface area contributed by atoms with Crippen molar-refractivity contribution in [3.8, 4) is 0 Å². The van der Waals surface area contributed by atoms with Gasteiger partial charge >= 0.3 is 6.09 Å². The second-order valence-electron chi connectivity index (χ2n) is 8.01. The van der Waals surface area contributed by atoms with Crippen LogP contribution in [0, 0.1) is 5.92 Å². The standard InChI is InChI=1S/C19H39N3O2/c1-7-12-21(8-2)14-11-20-16(3)17-10-9-13-22(15-17)18(23)24-19(4,5)6/h16-17,20H,7-15H2,1-6H3. The highest BCUT2D eigenvalue weighted by Gasteiger charge is 2.29. The highest BCUT2D eigenvalue weighted by atomic mass is 16.6. The number of hydrogen-bond acceptors (Lipinski definition) is 4. The smallest absolute Gasteiger partial charge is 0.410 e. The van der Waals surface area contributed by atoms with E-state index >= 15 is 0 Å². The van der Waals surface area contributed by atoms with Gasteiger partial charge in [0.15, 0.2) is 0 Å². The minimum atomic E-state index is -0.420. The van der Waals surface area contributed by atoms with Gasteiger partial charge in [0.2, 0.25) is 0 Å². The van der Waals surface area contributed by atoms with Crippen molar-refractivity contribution in [1.82, 2.24) is 15.1 Å². The van der Waals surface area contributed by atoms with Crippen LogP contribution in [0.15, 0.2) is 0 Å². The molecule has 5 heteroatoms. The molecule has 1 N–H and O–H groups in total. The number of likely N-dealkylation sites (tertiary alicyclic amines) is 1. The van der Waals surface area contributed by atoms with Gasteiger partial charge in [-0.1, -0.05) is 13.8 Å². The van der Waals surface area contributed by atoms with Crippen molar-refractivity contribution in [3.05, 3.63) is 0 Å². The van der Waals surface area contributed by atoms with Crippen molar-refractivity contribution in [2.45, 2.75) is 72.4 Å². The topological polar surface area (TPSA) is 44.8 Å². The Morgan fingerprint density at radius 3 is 2.62 bits per heavy atom. The van der Waals surface area contributed by atoms with Gasteiger partial charge < -0.3 is 19.9 Å². The van der Waals surface area contributed by atoms with Crippen molar-refractivity contribution in [2.75, 3.05) is 39.3 Å². The minimum absolute atomic E-state index is 0.167. The van der Waals surface area contributed by atoms with Gasteiger partial charge in [-0.25, -0.2) is 4.79 Å². The molecule has 0 aromatic heterocycles. The quantitative estimate of drug-likeness (QED) is 0.735. The molecule has 5 nitrogen and oxygen atoms in total.